The quantitative estimate of drug-likeness (QED) is 0.760. The first-order valence-electron chi connectivity index (χ1n) is 6.58. The number of hydrogen-bond donors (Lipinski definition) is 1. The SMILES string of the molecule is CC(C)(C)C(NCc1ccc(Br)cc1F)c1cccs1. The highest BCUT2D eigenvalue weighted by molar-refractivity contribution is 9.10. The third-order valence-corrected chi connectivity index (χ3v) is 4.64. The van der Waals surface area contributed by atoms with E-state index in [4.69, 9.17) is 0 Å². The van der Waals surface area contributed by atoms with Gasteiger partial charge in [-0.05, 0) is 29.0 Å². The molecule has 4 heteroatoms. The van der Waals surface area contributed by atoms with E-state index < -0.39 is 0 Å². The van der Waals surface area contributed by atoms with Crippen LogP contribution >= 0.6 is 27.3 Å². The molecule has 1 N–H and O–H groups in total. The first-order chi connectivity index (χ1) is 9.38. The smallest absolute Gasteiger partial charge is 0.128 e. The van der Waals surface area contributed by atoms with Crippen molar-refractivity contribution < 1.29 is 4.39 Å². The van der Waals surface area contributed by atoms with Gasteiger partial charge in [-0.2, -0.15) is 0 Å². The lowest BCUT2D eigenvalue weighted by Gasteiger charge is -2.31. The zero-order chi connectivity index (χ0) is 14.8. The Kier molecular flexibility index (Phi) is 4.99. The van der Waals surface area contributed by atoms with Crippen LogP contribution in [0.2, 0.25) is 0 Å². The maximum absolute atomic E-state index is 13.9. The van der Waals surface area contributed by atoms with Crippen LogP contribution in [0.25, 0.3) is 0 Å². The van der Waals surface area contributed by atoms with E-state index >= 15 is 0 Å². The lowest BCUT2D eigenvalue weighted by molar-refractivity contribution is 0.274. The Hall–Kier alpha value is -0.710. The van der Waals surface area contributed by atoms with E-state index in [0.717, 1.165) is 4.47 Å². The summed E-state index contributed by atoms with van der Waals surface area (Å²) < 4.78 is 14.6. The zero-order valence-corrected chi connectivity index (χ0v) is 14.3. The van der Waals surface area contributed by atoms with Crippen LogP contribution < -0.4 is 5.32 Å². The van der Waals surface area contributed by atoms with E-state index in [-0.39, 0.29) is 17.3 Å². The average molecular weight is 356 g/mol. The molecular formula is C16H19BrFNS. The molecule has 0 aliphatic rings. The Balaban J connectivity index is 2.14. The Morgan fingerprint density at radius 1 is 1.30 bits per heavy atom. The van der Waals surface area contributed by atoms with E-state index in [9.17, 15) is 4.39 Å². The summed E-state index contributed by atoms with van der Waals surface area (Å²) in [4.78, 5) is 1.29. The van der Waals surface area contributed by atoms with Crippen molar-refractivity contribution in [3.05, 3.63) is 56.4 Å². The third kappa shape index (κ3) is 3.90. The highest BCUT2D eigenvalue weighted by Crippen LogP contribution is 2.35. The second-order valence-electron chi connectivity index (χ2n) is 5.93. The zero-order valence-electron chi connectivity index (χ0n) is 11.9. The van der Waals surface area contributed by atoms with Crippen molar-refractivity contribution in [2.24, 2.45) is 5.41 Å². The second kappa shape index (κ2) is 6.37. The summed E-state index contributed by atoms with van der Waals surface area (Å²) in [5.74, 6) is -0.175. The second-order valence-corrected chi connectivity index (χ2v) is 7.83. The number of benzene rings is 1. The number of hydrogen-bond acceptors (Lipinski definition) is 2. The monoisotopic (exact) mass is 355 g/mol. The van der Waals surface area contributed by atoms with Crippen LogP contribution in [0.15, 0.2) is 40.2 Å². The molecular weight excluding hydrogens is 337 g/mol. The number of nitrogens with one attached hydrogen (secondary N) is 1. The van der Waals surface area contributed by atoms with Crippen LogP contribution in [0.4, 0.5) is 4.39 Å². The van der Waals surface area contributed by atoms with Gasteiger partial charge in [0.2, 0.25) is 0 Å². The topological polar surface area (TPSA) is 12.0 Å². The fourth-order valence-electron chi connectivity index (χ4n) is 2.17. The molecule has 20 heavy (non-hydrogen) atoms. The molecule has 0 saturated carbocycles. The van der Waals surface area contributed by atoms with Crippen LogP contribution in [-0.2, 0) is 6.54 Å². The molecule has 1 nitrogen and oxygen atoms in total. The average Bonchev–Trinajstić information content (AvgIpc) is 2.83. The molecule has 0 fully saturated rings. The molecule has 2 aromatic rings. The Labute approximate surface area is 132 Å². The minimum absolute atomic E-state index is 0.0801. The summed E-state index contributed by atoms with van der Waals surface area (Å²) in [6, 6.07) is 9.60. The standard InChI is InChI=1S/C16H19BrFNS/c1-16(2,3)15(14-5-4-8-20-14)19-10-11-6-7-12(17)9-13(11)18/h4-9,15,19H,10H2,1-3H3. The van der Waals surface area contributed by atoms with Gasteiger partial charge in [0.25, 0.3) is 0 Å². The van der Waals surface area contributed by atoms with Gasteiger partial charge in [0.05, 0.1) is 0 Å². The summed E-state index contributed by atoms with van der Waals surface area (Å²) in [6.45, 7) is 7.12. The van der Waals surface area contributed by atoms with Gasteiger partial charge in [0, 0.05) is 27.5 Å². The van der Waals surface area contributed by atoms with Gasteiger partial charge in [-0.3, -0.25) is 0 Å². The Morgan fingerprint density at radius 2 is 2.05 bits per heavy atom. The van der Waals surface area contributed by atoms with E-state index in [0.29, 0.717) is 12.1 Å². The summed E-state index contributed by atoms with van der Waals surface area (Å²) in [7, 11) is 0. The molecule has 1 aromatic carbocycles. The Bertz CT molecular complexity index is 560. The molecule has 0 radical (unpaired) electrons. The fraction of sp³-hybridized carbons (Fsp3) is 0.375. The van der Waals surface area contributed by atoms with Crippen LogP contribution in [0.1, 0.15) is 37.3 Å². The summed E-state index contributed by atoms with van der Waals surface area (Å²) in [5.41, 5.74) is 0.774. The summed E-state index contributed by atoms with van der Waals surface area (Å²) in [5, 5.41) is 5.57. The van der Waals surface area contributed by atoms with Crippen molar-refractivity contribution in [1.29, 1.82) is 0 Å². The van der Waals surface area contributed by atoms with Gasteiger partial charge in [0.1, 0.15) is 5.82 Å². The molecule has 0 aliphatic carbocycles. The lowest BCUT2D eigenvalue weighted by atomic mass is 9.85. The molecule has 0 amide bonds. The van der Waals surface area contributed by atoms with Crippen molar-refractivity contribution in [3.63, 3.8) is 0 Å². The van der Waals surface area contributed by atoms with Crippen LogP contribution in [-0.4, -0.2) is 0 Å². The van der Waals surface area contributed by atoms with Crippen molar-refractivity contribution in [3.8, 4) is 0 Å². The minimum atomic E-state index is -0.175. The van der Waals surface area contributed by atoms with Crippen LogP contribution in [0.5, 0.6) is 0 Å². The molecule has 1 unspecified atom stereocenters. The maximum Gasteiger partial charge on any atom is 0.128 e. The molecule has 0 saturated heterocycles. The molecule has 0 spiro atoms. The van der Waals surface area contributed by atoms with E-state index in [1.165, 1.54) is 10.9 Å². The predicted molar refractivity (Wildman–Crippen MR) is 87.5 cm³/mol. The lowest BCUT2D eigenvalue weighted by Crippen LogP contribution is -2.31. The van der Waals surface area contributed by atoms with E-state index in [1.54, 1.807) is 11.3 Å². The molecule has 108 valence electrons. The van der Waals surface area contributed by atoms with Crippen LogP contribution in [0, 0.1) is 11.2 Å². The van der Waals surface area contributed by atoms with Gasteiger partial charge in [-0.1, -0.05) is 48.8 Å². The van der Waals surface area contributed by atoms with Gasteiger partial charge in [-0.15, -0.1) is 11.3 Å². The Morgan fingerprint density at radius 3 is 2.60 bits per heavy atom. The number of rotatable bonds is 4. The van der Waals surface area contributed by atoms with E-state index in [2.05, 4.69) is 59.5 Å². The molecule has 0 bridgehead atoms. The highest BCUT2D eigenvalue weighted by atomic mass is 79.9. The number of halogens is 2. The van der Waals surface area contributed by atoms with Gasteiger partial charge >= 0.3 is 0 Å². The molecule has 1 heterocycles. The largest absolute Gasteiger partial charge is 0.305 e. The summed E-state index contributed by atoms with van der Waals surface area (Å²) >= 11 is 5.02. The third-order valence-electron chi connectivity index (χ3n) is 3.21. The fourth-order valence-corrected chi connectivity index (χ4v) is 3.54. The van der Waals surface area contributed by atoms with Crippen molar-refractivity contribution in [2.45, 2.75) is 33.4 Å². The molecule has 1 atom stereocenters. The van der Waals surface area contributed by atoms with Gasteiger partial charge in [-0.25, -0.2) is 4.39 Å². The first-order valence-corrected chi connectivity index (χ1v) is 8.26. The summed E-state index contributed by atoms with van der Waals surface area (Å²) in [6.07, 6.45) is 0. The number of thiophene rings is 1. The highest BCUT2D eigenvalue weighted by Gasteiger charge is 2.26. The van der Waals surface area contributed by atoms with Crippen LogP contribution in [0.3, 0.4) is 0 Å². The molecule has 0 aliphatic heterocycles. The molecule has 2 rings (SSSR count). The first kappa shape index (κ1) is 15.7. The maximum atomic E-state index is 13.9. The normalized spacial score (nSPS) is 13.4. The van der Waals surface area contributed by atoms with E-state index in [1.807, 2.05) is 12.1 Å². The van der Waals surface area contributed by atoms with Gasteiger partial charge in [0.15, 0.2) is 0 Å². The predicted octanol–water partition coefficient (Wildman–Crippen LogP) is 5.53. The minimum Gasteiger partial charge on any atom is -0.305 e. The van der Waals surface area contributed by atoms with Crippen molar-refractivity contribution in [1.82, 2.24) is 5.32 Å². The van der Waals surface area contributed by atoms with Crippen molar-refractivity contribution >= 4 is 27.3 Å². The van der Waals surface area contributed by atoms with Gasteiger partial charge < -0.3 is 5.32 Å². The molecule has 1 aromatic heterocycles. The van der Waals surface area contributed by atoms with Crippen molar-refractivity contribution in [2.75, 3.05) is 0 Å².